The van der Waals surface area contributed by atoms with Gasteiger partial charge in [-0.2, -0.15) is 11.8 Å². The molecule has 4 heteroatoms. The van der Waals surface area contributed by atoms with Gasteiger partial charge in [0.25, 0.3) is 0 Å². The Labute approximate surface area is 116 Å². The highest BCUT2D eigenvalue weighted by atomic mass is 79.9. The van der Waals surface area contributed by atoms with Gasteiger partial charge < -0.3 is 10.4 Å². The van der Waals surface area contributed by atoms with Crippen LogP contribution in [0, 0.1) is 0 Å². The normalized spacial score (nSPS) is 14.6. The molecule has 0 aliphatic heterocycles. The van der Waals surface area contributed by atoms with Crippen LogP contribution in [0.1, 0.15) is 25.5 Å². The minimum atomic E-state index is -0.443. The molecule has 1 rings (SSSR count). The quantitative estimate of drug-likeness (QED) is 0.810. The molecule has 0 bridgehead atoms. The fourth-order valence-corrected chi connectivity index (χ4v) is 2.62. The molecule has 2 nitrogen and oxygen atoms in total. The maximum Gasteiger partial charge on any atom is 0.0914 e. The first-order chi connectivity index (χ1) is 8.13. The summed E-state index contributed by atoms with van der Waals surface area (Å²) >= 11 is 5.32. The first kappa shape index (κ1) is 15.0. The molecule has 0 radical (unpaired) electrons. The zero-order valence-electron chi connectivity index (χ0n) is 10.3. The molecule has 17 heavy (non-hydrogen) atoms. The fourth-order valence-electron chi connectivity index (χ4n) is 1.50. The van der Waals surface area contributed by atoms with E-state index in [0.717, 1.165) is 21.5 Å². The van der Waals surface area contributed by atoms with E-state index in [1.807, 2.05) is 36.0 Å². The molecular formula is C13H20BrNOS. The average Bonchev–Trinajstić information content (AvgIpc) is 2.33. The summed E-state index contributed by atoms with van der Waals surface area (Å²) in [7, 11) is 0. The van der Waals surface area contributed by atoms with Crippen molar-refractivity contribution in [3.05, 3.63) is 34.3 Å². The van der Waals surface area contributed by atoms with Gasteiger partial charge in [0.15, 0.2) is 0 Å². The lowest BCUT2D eigenvalue weighted by molar-refractivity contribution is 0.172. The number of halogens is 1. The van der Waals surface area contributed by atoms with E-state index >= 15 is 0 Å². The van der Waals surface area contributed by atoms with Crippen molar-refractivity contribution >= 4 is 27.7 Å². The lowest BCUT2D eigenvalue weighted by Crippen LogP contribution is -2.32. The second-order valence-electron chi connectivity index (χ2n) is 4.04. The topological polar surface area (TPSA) is 32.3 Å². The van der Waals surface area contributed by atoms with Crippen molar-refractivity contribution in [1.29, 1.82) is 0 Å². The van der Waals surface area contributed by atoms with E-state index in [-0.39, 0.29) is 0 Å². The standard InChI is InChI=1S/C13H20BrNOS/c1-3-17-9-10(2)15-8-13(16)11-5-4-6-12(14)7-11/h4-7,10,13,15-16H,3,8-9H2,1-2H3. The summed E-state index contributed by atoms with van der Waals surface area (Å²) in [5, 5.41) is 13.4. The van der Waals surface area contributed by atoms with Gasteiger partial charge in [0.1, 0.15) is 0 Å². The van der Waals surface area contributed by atoms with Crippen LogP contribution < -0.4 is 5.32 Å². The number of aliphatic hydroxyl groups excluding tert-OH is 1. The smallest absolute Gasteiger partial charge is 0.0914 e. The van der Waals surface area contributed by atoms with E-state index < -0.39 is 6.10 Å². The van der Waals surface area contributed by atoms with Gasteiger partial charge in [-0.15, -0.1) is 0 Å². The van der Waals surface area contributed by atoms with Gasteiger partial charge in [-0.25, -0.2) is 0 Å². The second-order valence-corrected chi connectivity index (χ2v) is 6.27. The van der Waals surface area contributed by atoms with Crippen LogP contribution >= 0.6 is 27.7 Å². The SMILES string of the molecule is CCSCC(C)NCC(O)c1cccc(Br)c1. The van der Waals surface area contributed by atoms with E-state index in [9.17, 15) is 5.11 Å². The fraction of sp³-hybridized carbons (Fsp3) is 0.538. The van der Waals surface area contributed by atoms with Crippen molar-refractivity contribution in [2.24, 2.45) is 0 Å². The van der Waals surface area contributed by atoms with E-state index in [1.54, 1.807) is 0 Å². The van der Waals surface area contributed by atoms with E-state index in [0.29, 0.717) is 12.6 Å². The molecule has 2 N–H and O–H groups in total. The zero-order chi connectivity index (χ0) is 12.7. The highest BCUT2D eigenvalue weighted by Gasteiger charge is 2.09. The maximum atomic E-state index is 10.0. The third-order valence-electron chi connectivity index (χ3n) is 2.47. The Bertz CT molecular complexity index is 335. The highest BCUT2D eigenvalue weighted by Crippen LogP contribution is 2.17. The molecule has 0 amide bonds. The molecule has 0 saturated heterocycles. The minimum absolute atomic E-state index is 0.432. The summed E-state index contributed by atoms with van der Waals surface area (Å²) in [5.41, 5.74) is 0.946. The number of rotatable bonds is 7. The molecule has 1 aromatic carbocycles. The average molecular weight is 318 g/mol. The van der Waals surface area contributed by atoms with E-state index in [4.69, 9.17) is 0 Å². The lowest BCUT2D eigenvalue weighted by Gasteiger charge is -2.17. The van der Waals surface area contributed by atoms with E-state index in [1.165, 1.54) is 0 Å². The second kappa shape index (κ2) is 8.14. The molecule has 2 atom stereocenters. The molecular weight excluding hydrogens is 298 g/mol. The van der Waals surface area contributed by atoms with Crippen LogP contribution in [0.5, 0.6) is 0 Å². The van der Waals surface area contributed by atoms with Crippen LogP contribution in [0.2, 0.25) is 0 Å². The summed E-state index contributed by atoms with van der Waals surface area (Å²) in [5.74, 6) is 2.22. The summed E-state index contributed by atoms with van der Waals surface area (Å²) < 4.78 is 1.00. The van der Waals surface area contributed by atoms with Crippen LogP contribution in [-0.2, 0) is 0 Å². The van der Waals surface area contributed by atoms with Gasteiger partial charge in [-0.1, -0.05) is 35.0 Å². The number of aliphatic hydroxyl groups is 1. The van der Waals surface area contributed by atoms with E-state index in [2.05, 4.69) is 35.1 Å². The van der Waals surface area contributed by atoms with Gasteiger partial charge in [0.05, 0.1) is 6.10 Å². The van der Waals surface area contributed by atoms with Crippen LogP contribution in [0.4, 0.5) is 0 Å². The number of nitrogens with one attached hydrogen (secondary N) is 1. The molecule has 96 valence electrons. The molecule has 0 aromatic heterocycles. The summed E-state index contributed by atoms with van der Waals surface area (Å²) in [6, 6.07) is 8.24. The zero-order valence-corrected chi connectivity index (χ0v) is 12.7. The van der Waals surface area contributed by atoms with Crippen LogP contribution in [0.3, 0.4) is 0 Å². The number of benzene rings is 1. The predicted octanol–water partition coefficient (Wildman–Crippen LogP) is 3.21. The summed E-state index contributed by atoms with van der Waals surface area (Å²) in [6.07, 6.45) is -0.443. The van der Waals surface area contributed by atoms with Crippen molar-refractivity contribution in [3.63, 3.8) is 0 Å². The van der Waals surface area contributed by atoms with Crippen molar-refractivity contribution in [2.75, 3.05) is 18.1 Å². The first-order valence-corrected chi connectivity index (χ1v) is 7.83. The van der Waals surface area contributed by atoms with Crippen molar-refractivity contribution < 1.29 is 5.11 Å². The Morgan fingerprint density at radius 3 is 2.88 bits per heavy atom. The minimum Gasteiger partial charge on any atom is -0.387 e. The Hall–Kier alpha value is -0.0300. The highest BCUT2D eigenvalue weighted by molar-refractivity contribution is 9.10. The molecule has 0 aliphatic carbocycles. The number of thioether (sulfide) groups is 1. The Morgan fingerprint density at radius 2 is 2.24 bits per heavy atom. The predicted molar refractivity (Wildman–Crippen MR) is 79.6 cm³/mol. The lowest BCUT2D eigenvalue weighted by atomic mass is 10.1. The molecule has 0 fully saturated rings. The van der Waals surface area contributed by atoms with Gasteiger partial charge >= 0.3 is 0 Å². The monoisotopic (exact) mass is 317 g/mol. The van der Waals surface area contributed by atoms with Gasteiger partial charge in [0, 0.05) is 22.8 Å². The summed E-state index contributed by atoms with van der Waals surface area (Å²) in [6.45, 7) is 4.91. The van der Waals surface area contributed by atoms with Gasteiger partial charge in [0.2, 0.25) is 0 Å². The van der Waals surface area contributed by atoms with Crippen molar-refractivity contribution in [2.45, 2.75) is 26.0 Å². The molecule has 2 unspecified atom stereocenters. The molecule has 1 aromatic rings. The number of hydrogen-bond acceptors (Lipinski definition) is 3. The van der Waals surface area contributed by atoms with Crippen LogP contribution in [0.15, 0.2) is 28.7 Å². The van der Waals surface area contributed by atoms with Gasteiger partial charge in [-0.05, 0) is 30.4 Å². The third-order valence-corrected chi connectivity index (χ3v) is 4.10. The molecule has 0 spiro atoms. The molecule has 0 heterocycles. The van der Waals surface area contributed by atoms with Crippen LogP contribution in [-0.4, -0.2) is 29.2 Å². The Kier molecular flexibility index (Phi) is 7.19. The molecule has 0 saturated carbocycles. The molecule has 0 aliphatic rings. The largest absolute Gasteiger partial charge is 0.387 e. The third kappa shape index (κ3) is 5.91. The van der Waals surface area contributed by atoms with Crippen LogP contribution in [0.25, 0.3) is 0 Å². The van der Waals surface area contributed by atoms with Crippen molar-refractivity contribution in [3.8, 4) is 0 Å². The summed E-state index contributed by atoms with van der Waals surface area (Å²) in [4.78, 5) is 0. The van der Waals surface area contributed by atoms with Crippen molar-refractivity contribution in [1.82, 2.24) is 5.32 Å². The first-order valence-electron chi connectivity index (χ1n) is 5.88. The Balaban J connectivity index is 2.36. The number of hydrogen-bond donors (Lipinski definition) is 2. The Morgan fingerprint density at radius 1 is 1.47 bits per heavy atom. The van der Waals surface area contributed by atoms with Gasteiger partial charge in [-0.3, -0.25) is 0 Å². The maximum absolute atomic E-state index is 10.0.